The minimum absolute atomic E-state index is 0.0533. The van der Waals surface area contributed by atoms with Gasteiger partial charge in [0.15, 0.2) is 0 Å². The van der Waals surface area contributed by atoms with Gasteiger partial charge in [0, 0.05) is 11.5 Å². The second kappa shape index (κ2) is 5.91. The zero-order chi connectivity index (χ0) is 13.2. The molecule has 4 heteroatoms. The Labute approximate surface area is 118 Å². The van der Waals surface area contributed by atoms with Crippen molar-refractivity contribution in [3.05, 3.63) is 21.3 Å². The Bertz CT molecular complexity index is 385. The Kier molecular flexibility index (Phi) is 4.70. The summed E-state index contributed by atoms with van der Waals surface area (Å²) in [5, 5.41) is 0. The van der Waals surface area contributed by atoms with Crippen LogP contribution in [0.3, 0.4) is 0 Å². The maximum atomic E-state index is 6.48. The van der Waals surface area contributed by atoms with Gasteiger partial charge in [-0.3, -0.25) is 0 Å². The average Bonchev–Trinajstić information content (AvgIpc) is 2.78. The van der Waals surface area contributed by atoms with Gasteiger partial charge in [0.25, 0.3) is 0 Å². The van der Waals surface area contributed by atoms with Crippen LogP contribution in [0.2, 0.25) is 4.34 Å². The van der Waals surface area contributed by atoms with E-state index in [2.05, 4.69) is 6.92 Å². The maximum absolute atomic E-state index is 6.48. The van der Waals surface area contributed by atoms with Gasteiger partial charge in [-0.1, -0.05) is 18.5 Å². The van der Waals surface area contributed by atoms with Crippen LogP contribution < -0.4 is 5.73 Å². The first kappa shape index (κ1) is 14.3. The summed E-state index contributed by atoms with van der Waals surface area (Å²) in [5.74, 6) is 0.790. The van der Waals surface area contributed by atoms with E-state index < -0.39 is 0 Å². The molecule has 2 nitrogen and oxygen atoms in total. The molecule has 0 bridgehead atoms. The Morgan fingerprint density at radius 3 is 2.67 bits per heavy atom. The highest BCUT2D eigenvalue weighted by Gasteiger charge is 2.41. The van der Waals surface area contributed by atoms with Crippen molar-refractivity contribution in [2.75, 3.05) is 6.61 Å². The molecule has 1 fully saturated rings. The first-order valence-corrected chi connectivity index (χ1v) is 7.91. The SMILES string of the molecule is CCOC1(C(N)c2ccc(Cl)s2)CCC(C)CC1. The van der Waals surface area contributed by atoms with Crippen LogP contribution in [0.4, 0.5) is 0 Å². The van der Waals surface area contributed by atoms with Crippen molar-refractivity contribution in [3.63, 3.8) is 0 Å². The van der Waals surface area contributed by atoms with Gasteiger partial charge >= 0.3 is 0 Å². The molecule has 1 aromatic rings. The second-order valence-corrected chi connectivity index (χ2v) is 7.05. The van der Waals surface area contributed by atoms with Gasteiger partial charge in [-0.15, -0.1) is 11.3 Å². The summed E-state index contributed by atoms with van der Waals surface area (Å²) in [5.41, 5.74) is 6.29. The topological polar surface area (TPSA) is 35.2 Å². The average molecular weight is 288 g/mol. The van der Waals surface area contributed by atoms with Gasteiger partial charge in [-0.25, -0.2) is 0 Å². The van der Waals surface area contributed by atoms with E-state index >= 15 is 0 Å². The molecule has 1 heterocycles. The van der Waals surface area contributed by atoms with E-state index in [1.807, 2.05) is 19.1 Å². The molecule has 1 aliphatic carbocycles. The van der Waals surface area contributed by atoms with Gasteiger partial charge in [0.1, 0.15) is 0 Å². The fraction of sp³-hybridized carbons (Fsp3) is 0.714. The quantitative estimate of drug-likeness (QED) is 0.891. The number of halogens is 1. The molecule has 2 N–H and O–H groups in total. The second-order valence-electron chi connectivity index (χ2n) is 5.30. The summed E-state index contributed by atoms with van der Waals surface area (Å²) < 4.78 is 6.88. The van der Waals surface area contributed by atoms with Crippen LogP contribution in [0, 0.1) is 5.92 Å². The monoisotopic (exact) mass is 287 g/mol. The van der Waals surface area contributed by atoms with Crippen LogP contribution in [0.25, 0.3) is 0 Å². The Hall–Kier alpha value is -0.0900. The molecule has 18 heavy (non-hydrogen) atoms. The number of thiophene rings is 1. The molecule has 0 radical (unpaired) electrons. The Morgan fingerprint density at radius 1 is 1.50 bits per heavy atom. The van der Waals surface area contributed by atoms with Crippen LogP contribution in [0.15, 0.2) is 12.1 Å². The number of hydrogen-bond acceptors (Lipinski definition) is 3. The van der Waals surface area contributed by atoms with Crippen molar-refractivity contribution in [2.24, 2.45) is 11.7 Å². The lowest BCUT2D eigenvalue weighted by Crippen LogP contribution is -2.46. The highest BCUT2D eigenvalue weighted by Crippen LogP contribution is 2.43. The summed E-state index contributed by atoms with van der Waals surface area (Å²) in [6, 6.07) is 3.91. The van der Waals surface area contributed by atoms with E-state index in [-0.39, 0.29) is 11.6 Å². The largest absolute Gasteiger partial charge is 0.373 e. The van der Waals surface area contributed by atoms with E-state index in [4.69, 9.17) is 22.1 Å². The predicted octanol–water partition coefficient (Wildman–Crippen LogP) is 4.39. The van der Waals surface area contributed by atoms with E-state index in [0.717, 1.165) is 34.6 Å². The van der Waals surface area contributed by atoms with Crippen molar-refractivity contribution in [1.82, 2.24) is 0 Å². The van der Waals surface area contributed by atoms with Gasteiger partial charge in [0.05, 0.1) is 16.0 Å². The summed E-state index contributed by atoms with van der Waals surface area (Å²) in [7, 11) is 0. The minimum Gasteiger partial charge on any atom is -0.373 e. The third-order valence-electron chi connectivity index (χ3n) is 4.02. The number of nitrogens with two attached hydrogens (primary N) is 1. The molecule has 2 rings (SSSR count). The molecule has 1 atom stereocenters. The van der Waals surface area contributed by atoms with E-state index in [0.29, 0.717) is 0 Å². The molecule has 1 aromatic heterocycles. The predicted molar refractivity (Wildman–Crippen MR) is 78.2 cm³/mol. The van der Waals surface area contributed by atoms with E-state index in [1.165, 1.54) is 12.8 Å². The highest BCUT2D eigenvalue weighted by molar-refractivity contribution is 7.16. The lowest BCUT2D eigenvalue weighted by molar-refractivity contribution is -0.0890. The van der Waals surface area contributed by atoms with E-state index in [9.17, 15) is 0 Å². The lowest BCUT2D eigenvalue weighted by atomic mass is 9.75. The van der Waals surface area contributed by atoms with Gasteiger partial charge in [0.2, 0.25) is 0 Å². The molecular formula is C14H22ClNOS. The van der Waals surface area contributed by atoms with Crippen LogP contribution in [0.5, 0.6) is 0 Å². The highest BCUT2D eigenvalue weighted by atomic mass is 35.5. The van der Waals surface area contributed by atoms with Crippen LogP contribution in [0.1, 0.15) is 50.4 Å². The number of ether oxygens (including phenoxy) is 1. The van der Waals surface area contributed by atoms with E-state index in [1.54, 1.807) is 11.3 Å². The molecule has 102 valence electrons. The first-order chi connectivity index (χ1) is 8.57. The van der Waals surface area contributed by atoms with Crippen molar-refractivity contribution in [2.45, 2.75) is 51.2 Å². The lowest BCUT2D eigenvalue weighted by Gasteiger charge is -2.43. The standard InChI is InChI=1S/C14H22ClNOS/c1-3-17-14(8-6-10(2)7-9-14)13(16)11-4-5-12(15)18-11/h4-5,10,13H,3,6-9,16H2,1-2H3. The smallest absolute Gasteiger partial charge is 0.0931 e. The molecule has 1 aliphatic rings. The Morgan fingerprint density at radius 2 is 2.17 bits per heavy atom. The zero-order valence-corrected chi connectivity index (χ0v) is 12.7. The van der Waals surface area contributed by atoms with Gasteiger partial charge < -0.3 is 10.5 Å². The molecule has 0 amide bonds. The molecule has 0 saturated heterocycles. The first-order valence-electron chi connectivity index (χ1n) is 6.72. The third kappa shape index (κ3) is 2.90. The van der Waals surface area contributed by atoms with Crippen LogP contribution in [-0.4, -0.2) is 12.2 Å². The summed E-state index contributed by atoms with van der Waals surface area (Å²) in [4.78, 5) is 1.14. The molecular weight excluding hydrogens is 266 g/mol. The van der Waals surface area contributed by atoms with Gasteiger partial charge in [-0.2, -0.15) is 0 Å². The Balaban J connectivity index is 2.18. The molecule has 0 aromatic carbocycles. The van der Waals surface area contributed by atoms with Crippen molar-refractivity contribution < 1.29 is 4.74 Å². The number of rotatable bonds is 4. The fourth-order valence-electron chi connectivity index (χ4n) is 2.84. The molecule has 1 unspecified atom stereocenters. The summed E-state index contributed by atoms with van der Waals surface area (Å²) >= 11 is 7.59. The van der Waals surface area contributed by atoms with Crippen LogP contribution >= 0.6 is 22.9 Å². The summed E-state index contributed by atoms with van der Waals surface area (Å²) in [6.07, 6.45) is 4.51. The minimum atomic E-state index is -0.185. The maximum Gasteiger partial charge on any atom is 0.0931 e. The zero-order valence-electron chi connectivity index (χ0n) is 11.1. The molecule has 1 saturated carbocycles. The summed E-state index contributed by atoms with van der Waals surface area (Å²) in [6.45, 7) is 5.08. The molecule has 0 spiro atoms. The normalized spacial score (nSPS) is 30.3. The number of hydrogen-bond donors (Lipinski definition) is 1. The van der Waals surface area contributed by atoms with Gasteiger partial charge in [-0.05, 0) is 50.7 Å². The molecule has 0 aliphatic heterocycles. The van der Waals surface area contributed by atoms with Crippen molar-refractivity contribution in [1.29, 1.82) is 0 Å². The van der Waals surface area contributed by atoms with Crippen LogP contribution in [-0.2, 0) is 4.74 Å². The van der Waals surface area contributed by atoms with Crippen molar-refractivity contribution >= 4 is 22.9 Å². The third-order valence-corrected chi connectivity index (χ3v) is 5.33. The fourth-order valence-corrected chi connectivity index (χ4v) is 4.01. The van der Waals surface area contributed by atoms with Crippen molar-refractivity contribution in [3.8, 4) is 0 Å².